The van der Waals surface area contributed by atoms with E-state index in [0.717, 1.165) is 41.4 Å². The molecule has 1 aliphatic heterocycles. The van der Waals surface area contributed by atoms with E-state index in [1.165, 1.54) is 12.8 Å². The van der Waals surface area contributed by atoms with Crippen LogP contribution in [0.25, 0.3) is 11.0 Å². The Morgan fingerprint density at radius 1 is 1.44 bits per heavy atom. The van der Waals surface area contributed by atoms with E-state index in [-0.39, 0.29) is 5.41 Å². The number of nitrogens with one attached hydrogen (secondary N) is 2. The van der Waals surface area contributed by atoms with Crippen LogP contribution in [-0.2, 0) is 5.41 Å². The minimum Gasteiger partial charge on any atom is -0.341 e. The maximum absolute atomic E-state index is 6.02. The fourth-order valence-electron chi connectivity index (χ4n) is 2.99. The van der Waals surface area contributed by atoms with Crippen LogP contribution in [-0.4, -0.2) is 23.1 Å². The van der Waals surface area contributed by atoms with Crippen LogP contribution in [0.1, 0.15) is 32.0 Å². The van der Waals surface area contributed by atoms with E-state index >= 15 is 0 Å². The summed E-state index contributed by atoms with van der Waals surface area (Å²) in [4.78, 5) is 8.24. The number of aromatic nitrogens is 2. The Bertz CT molecular complexity index is 555. The highest BCUT2D eigenvalue weighted by Gasteiger charge is 2.37. The topological polar surface area (TPSA) is 40.7 Å². The van der Waals surface area contributed by atoms with Gasteiger partial charge in [-0.3, -0.25) is 0 Å². The molecule has 4 heteroatoms. The molecule has 2 aromatic rings. The summed E-state index contributed by atoms with van der Waals surface area (Å²) in [6.45, 7) is 4.34. The number of hydrogen-bond acceptors (Lipinski definition) is 2. The van der Waals surface area contributed by atoms with Gasteiger partial charge in [-0.05, 0) is 37.6 Å². The van der Waals surface area contributed by atoms with Crippen molar-refractivity contribution in [2.45, 2.75) is 31.6 Å². The van der Waals surface area contributed by atoms with Crippen molar-refractivity contribution >= 4 is 22.6 Å². The Hall–Kier alpha value is -1.06. The number of aromatic amines is 1. The number of halogens is 1. The first-order valence-electron chi connectivity index (χ1n) is 6.60. The molecular weight excluding hydrogens is 246 g/mol. The van der Waals surface area contributed by atoms with Gasteiger partial charge in [-0.15, -0.1) is 0 Å². The van der Waals surface area contributed by atoms with Crippen LogP contribution >= 0.6 is 11.6 Å². The first kappa shape index (κ1) is 12.0. The molecule has 1 saturated heterocycles. The van der Waals surface area contributed by atoms with E-state index in [4.69, 9.17) is 16.6 Å². The molecule has 1 fully saturated rings. The van der Waals surface area contributed by atoms with E-state index in [1.807, 2.05) is 18.2 Å². The molecule has 3 nitrogen and oxygen atoms in total. The second kappa shape index (κ2) is 4.56. The van der Waals surface area contributed by atoms with Crippen LogP contribution in [0.5, 0.6) is 0 Å². The van der Waals surface area contributed by atoms with E-state index in [9.17, 15) is 0 Å². The zero-order valence-corrected chi connectivity index (χ0v) is 11.3. The van der Waals surface area contributed by atoms with Gasteiger partial charge in [-0.1, -0.05) is 24.9 Å². The van der Waals surface area contributed by atoms with Crippen LogP contribution in [0.15, 0.2) is 18.2 Å². The Morgan fingerprint density at radius 3 is 3.06 bits per heavy atom. The molecule has 0 radical (unpaired) electrons. The molecule has 0 saturated carbocycles. The van der Waals surface area contributed by atoms with Crippen molar-refractivity contribution < 1.29 is 0 Å². The summed E-state index contributed by atoms with van der Waals surface area (Å²) in [5.41, 5.74) is 2.23. The van der Waals surface area contributed by atoms with Gasteiger partial charge in [-0.25, -0.2) is 4.98 Å². The zero-order chi connectivity index (χ0) is 12.6. The molecule has 96 valence electrons. The predicted molar refractivity (Wildman–Crippen MR) is 75.2 cm³/mol. The highest BCUT2D eigenvalue weighted by atomic mass is 35.5. The lowest BCUT2D eigenvalue weighted by molar-refractivity contribution is 0.406. The van der Waals surface area contributed by atoms with E-state index < -0.39 is 0 Å². The maximum Gasteiger partial charge on any atom is 0.114 e. The summed E-state index contributed by atoms with van der Waals surface area (Å²) in [6, 6.07) is 5.84. The molecule has 2 N–H and O–H groups in total. The molecule has 0 amide bonds. The second-order valence-corrected chi connectivity index (χ2v) is 5.64. The minimum atomic E-state index is 0.181. The van der Waals surface area contributed by atoms with Crippen molar-refractivity contribution in [2.75, 3.05) is 13.1 Å². The molecule has 1 unspecified atom stereocenters. The lowest BCUT2D eigenvalue weighted by atomic mass is 9.82. The van der Waals surface area contributed by atoms with Gasteiger partial charge >= 0.3 is 0 Å². The number of H-pyrrole nitrogens is 1. The summed E-state index contributed by atoms with van der Waals surface area (Å²) in [6.07, 6.45) is 3.52. The quantitative estimate of drug-likeness (QED) is 0.893. The van der Waals surface area contributed by atoms with Crippen LogP contribution < -0.4 is 5.32 Å². The van der Waals surface area contributed by atoms with Gasteiger partial charge in [0.25, 0.3) is 0 Å². The molecule has 1 aromatic carbocycles. The van der Waals surface area contributed by atoms with Gasteiger partial charge in [0.15, 0.2) is 0 Å². The van der Waals surface area contributed by atoms with Gasteiger partial charge in [-0.2, -0.15) is 0 Å². The molecule has 0 aliphatic carbocycles. The maximum atomic E-state index is 6.02. The van der Waals surface area contributed by atoms with Gasteiger partial charge < -0.3 is 10.3 Å². The Morgan fingerprint density at radius 2 is 2.33 bits per heavy atom. The minimum absolute atomic E-state index is 0.181. The van der Waals surface area contributed by atoms with Crippen LogP contribution in [0, 0.1) is 0 Å². The lowest BCUT2D eigenvalue weighted by Crippen LogP contribution is -2.30. The molecule has 0 spiro atoms. The van der Waals surface area contributed by atoms with Gasteiger partial charge in [0.1, 0.15) is 5.82 Å². The van der Waals surface area contributed by atoms with E-state index in [0.29, 0.717) is 0 Å². The first-order chi connectivity index (χ1) is 8.73. The van der Waals surface area contributed by atoms with Crippen molar-refractivity contribution in [1.29, 1.82) is 0 Å². The normalized spacial score (nSPS) is 23.9. The largest absolute Gasteiger partial charge is 0.341 e. The Kier molecular flexibility index (Phi) is 3.04. The highest BCUT2D eigenvalue weighted by Crippen LogP contribution is 2.34. The molecule has 0 bridgehead atoms. The number of imidazole rings is 1. The van der Waals surface area contributed by atoms with Crippen LogP contribution in [0.3, 0.4) is 0 Å². The monoisotopic (exact) mass is 263 g/mol. The van der Waals surface area contributed by atoms with Crippen LogP contribution in [0.2, 0.25) is 5.02 Å². The third-order valence-electron chi connectivity index (χ3n) is 3.92. The SMILES string of the molecule is CCCC1(c2nc3ccc(Cl)cc3[nH]2)CCNC1. The van der Waals surface area contributed by atoms with Crippen molar-refractivity contribution in [2.24, 2.45) is 0 Å². The summed E-state index contributed by atoms with van der Waals surface area (Å²) < 4.78 is 0. The number of hydrogen-bond donors (Lipinski definition) is 2. The molecule has 18 heavy (non-hydrogen) atoms. The number of rotatable bonds is 3. The molecule has 2 heterocycles. The fraction of sp³-hybridized carbons (Fsp3) is 0.500. The van der Waals surface area contributed by atoms with Gasteiger partial charge in [0.2, 0.25) is 0 Å². The average molecular weight is 264 g/mol. The van der Waals surface area contributed by atoms with Crippen molar-refractivity contribution in [1.82, 2.24) is 15.3 Å². The third-order valence-corrected chi connectivity index (χ3v) is 4.15. The average Bonchev–Trinajstić information content (AvgIpc) is 2.95. The molecule has 1 aliphatic rings. The van der Waals surface area contributed by atoms with Gasteiger partial charge in [0, 0.05) is 17.0 Å². The smallest absolute Gasteiger partial charge is 0.114 e. The fourth-order valence-corrected chi connectivity index (χ4v) is 3.16. The molecular formula is C14H18ClN3. The highest BCUT2D eigenvalue weighted by molar-refractivity contribution is 6.31. The van der Waals surface area contributed by atoms with E-state index in [2.05, 4.69) is 17.2 Å². The van der Waals surface area contributed by atoms with Crippen molar-refractivity contribution in [3.63, 3.8) is 0 Å². The summed E-state index contributed by atoms with van der Waals surface area (Å²) >= 11 is 6.02. The lowest BCUT2D eigenvalue weighted by Gasteiger charge is -2.25. The molecule has 1 atom stereocenters. The molecule has 1 aromatic heterocycles. The summed E-state index contributed by atoms with van der Waals surface area (Å²) in [5, 5.41) is 4.22. The van der Waals surface area contributed by atoms with Crippen molar-refractivity contribution in [3.05, 3.63) is 29.0 Å². The van der Waals surface area contributed by atoms with Gasteiger partial charge in [0.05, 0.1) is 11.0 Å². The van der Waals surface area contributed by atoms with E-state index in [1.54, 1.807) is 0 Å². The predicted octanol–water partition coefficient (Wildman–Crippen LogP) is 3.25. The molecule has 3 rings (SSSR count). The summed E-state index contributed by atoms with van der Waals surface area (Å²) in [7, 11) is 0. The number of nitrogens with zero attached hydrogens (tertiary/aromatic N) is 1. The Labute approximate surface area is 112 Å². The number of benzene rings is 1. The van der Waals surface area contributed by atoms with Crippen molar-refractivity contribution in [3.8, 4) is 0 Å². The third kappa shape index (κ3) is 1.91. The standard InChI is InChI=1S/C14H18ClN3/c1-2-5-14(6-7-16-9-14)13-17-11-4-3-10(15)8-12(11)18-13/h3-4,8,16H,2,5-7,9H2,1H3,(H,17,18). The van der Waals surface area contributed by atoms with Crippen LogP contribution in [0.4, 0.5) is 0 Å². The number of fused-ring (bicyclic) bond motifs is 1. The first-order valence-corrected chi connectivity index (χ1v) is 6.98. The Balaban J connectivity index is 2.06. The summed E-state index contributed by atoms with van der Waals surface area (Å²) in [5.74, 6) is 1.12. The second-order valence-electron chi connectivity index (χ2n) is 5.20. The zero-order valence-electron chi connectivity index (χ0n) is 10.6.